The Morgan fingerprint density at radius 1 is 1.70 bits per heavy atom. The Morgan fingerprint density at radius 2 is 2.40 bits per heavy atom. The lowest BCUT2D eigenvalue weighted by atomic mass is 11.1. The molecule has 1 aromatic heterocycles. The fourth-order valence-electron chi connectivity index (χ4n) is 0.472. The maximum Gasteiger partial charge on any atom is 0.309 e. The largest absolute Gasteiger partial charge is 0.309 e. The third kappa shape index (κ3) is 1.60. The van der Waals surface area contributed by atoms with Crippen LogP contribution in [0.25, 0.3) is 0 Å². The summed E-state index contributed by atoms with van der Waals surface area (Å²) in [5.74, 6) is 0. The molecule has 1 aromatic rings. The summed E-state index contributed by atoms with van der Waals surface area (Å²) in [4.78, 5) is 0. The lowest BCUT2D eigenvalue weighted by Gasteiger charge is -1.93. The van der Waals surface area contributed by atoms with Crippen molar-refractivity contribution in [3.63, 3.8) is 0 Å². The summed E-state index contributed by atoms with van der Waals surface area (Å²) in [6, 6.07) is 0. The number of hydrogen-bond donors (Lipinski definition) is 0. The van der Waals surface area contributed by atoms with Crippen molar-refractivity contribution in [3.05, 3.63) is 6.08 Å². The van der Waals surface area contributed by atoms with Crippen molar-refractivity contribution in [2.24, 2.45) is 7.05 Å². The Kier molecular flexibility index (Phi) is 2.90. The normalized spacial score (nSPS) is 10.3. The molecule has 0 saturated carbocycles. The van der Waals surface area contributed by atoms with Gasteiger partial charge in [-0.25, -0.2) is 0 Å². The molecule has 10 heavy (non-hydrogen) atoms. The van der Waals surface area contributed by atoms with Gasteiger partial charge in [0.15, 0.2) is 5.16 Å². The highest BCUT2D eigenvalue weighted by molar-refractivity contribution is 14.1. The summed E-state index contributed by atoms with van der Waals surface area (Å²) in [6.07, 6.45) is -0.535. The van der Waals surface area contributed by atoms with Crippen LogP contribution in [0.2, 0.25) is 0 Å². The first-order valence-corrected chi connectivity index (χ1v) is 5.00. The molecule has 0 fully saturated rings. The second-order valence-corrected chi connectivity index (χ2v) is 4.30. The van der Waals surface area contributed by atoms with Gasteiger partial charge in [-0.05, 0) is 0 Å². The van der Waals surface area contributed by atoms with E-state index in [1.54, 1.807) is 7.05 Å². The van der Waals surface area contributed by atoms with Crippen LogP contribution in [0.5, 0.6) is 0 Å². The number of hydrogen-bond acceptors (Lipinski definition) is 3. The molecule has 1 rings (SSSR count). The molecule has 3 nitrogen and oxygen atoms in total. The molecule has 0 bridgehead atoms. The zero-order valence-electron chi connectivity index (χ0n) is 5.21. The summed E-state index contributed by atoms with van der Waals surface area (Å²) in [5, 5.41) is 7.48. The van der Waals surface area contributed by atoms with E-state index in [0.717, 1.165) is 3.76 Å². The molecule has 0 aromatic carbocycles. The molecular weight excluding hydrogens is 268 g/mol. The lowest BCUT2D eigenvalue weighted by Crippen LogP contribution is -1.93. The minimum Gasteiger partial charge on any atom is -0.281 e. The summed E-state index contributed by atoms with van der Waals surface area (Å²) in [5.41, 5.74) is 0. The maximum atomic E-state index is 12.4. The van der Waals surface area contributed by atoms with E-state index in [1.165, 1.54) is 16.3 Å². The molecule has 0 amide bonds. The highest BCUT2D eigenvalue weighted by atomic mass is 127. The van der Waals surface area contributed by atoms with Crippen LogP contribution in [0.3, 0.4) is 0 Å². The second kappa shape index (κ2) is 3.51. The van der Waals surface area contributed by atoms with Gasteiger partial charge in [0.2, 0.25) is 0 Å². The van der Waals surface area contributed by atoms with Crippen LogP contribution in [-0.4, -0.2) is 18.5 Å². The van der Waals surface area contributed by atoms with Crippen LogP contribution in [0, 0.1) is 6.08 Å². The summed E-state index contributed by atoms with van der Waals surface area (Å²) < 4.78 is 14.6. The third-order valence-corrected chi connectivity index (χ3v) is 2.62. The average Bonchev–Trinajstić information content (AvgIpc) is 2.20. The van der Waals surface area contributed by atoms with Crippen LogP contribution in [0.15, 0.2) is 5.16 Å². The summed E-state index contributed by atoms with van der Waals surface area (Å²) >= 11 is 3.64. The first-order chi connectivity index (χ1) is 4.75. The van der Waals surface area contributed by atoms with Crippen LogP contribution in [-0.2, 0) is 7.05 Å². The van der Waals surface area contributed by atoms with Crippen molar-refractivity contribution >= 4 is 34.4 Å². The van der Waals surface area contributed by atoms with Gasteiger partial charge in [0.25, 0.3) is 0 Å². The lowest BCUT2D eigenvalue weighted by molar-refractivity contribution is 0.487. The summed E-state index contributed by atoms with van der Waals surface area (Å²) in [6.45, 7) is 0. The van der Waals surface area contributed by atoms with Gasteiger partial charge < -0.3 is 0 Å². The predicted octanol–water partition coefficient (Wildman–Crippen LogP) is 1.44. The monoisotopic (exact) mass is 273 g/mol. The zero-order valence-corrected chi connectivity index (χ0v) is 8.19. The van der Waals surface area contributed by atoms with E-state index in [0.29, 0.717) is 5.16 Å². The Labute approximate surface area is 75.5 Å². The fourth-order valence-corrected chi connectivity index (χ4v) is 1.77. The highest BCUT2D eigenvalue weighted by Gasteiger charge is 2.05. The van der Waals surface area contributed by atoms with Crippen molar-refractivity contribution in [1.82, 2.24) is 14.8 Å². The molecule has 0 unspecified atom stereocenters. The van der Waals surface area contributed by atoms with Crippen LogP contribution in [0.4, 0.5) is 4.39 Å². The Morgan fingerprint density at radius 3 is 2.80 bits per heavy atom. The van der Waals surface area contributed by atoms with Crippen LogP contribution < -0.4 is 0 Å². The number of nitrogens with zero attached hydrogens (tertiary/aromatic N) is 3. The Balaban J connectivity index is 2.83. The number of thioether (sulfide) groups is 1. The maximum absolute atomic E-state index is 12.4. The van der Waals surface area contributed by atoms with E-state index < -0.39 is 6.08 Å². The molecule has 0 aliphatic heterocycles. The van der Waals surface area contributed by atoms with Gasteiger partial charge >= 0.3 is 6.08 Å². The molecule has 0 spiro atoms. The van der Waals surface area contributed by atoms with E-state index in [9.17, 15) is 4.39 Å². The first kappa shape index (κ1) is 8.25. The van der Waals surface area contributed by atoms with Gasteiger partial charge in [-0.1, -0.05) is 39.5 Å². The molecule has 0 atom stereocenters. The van der Waals surface area contributed by atoms with E-state index in [4.69, 9.17) is 0 Å². The van der Waals surface area contributed by atoms with Gasteiger partial charge in [-0.3, -0.25) is 4.57 Å². The number of rotatable bonds is 2. The highest BCUT2D eigenvalue weighted by Crippen LogP contribution is 2.16. The van der Waals surface area contributed by atoms with Gasteiger partial charge in [0.1, 0.15) is 0 Å². The summed E-state index contributed by atoms with van der Waals surface area (Å²) in [7, 11) is 1.60. The second-order valence-electron chi connectivity index (χ2n) is 1.56. The van der Waals surface area contributed by atoms with Gasteiger partial charge in [0.05, 0.1) is 3.76 Å². The van der Waals surface area contributed by atoms with Crippen LogP contribution >= 0.6 is 34.4 Å². The van der Waals surface area contributed by atoms with E-state index in [1.807, 2.05) is 0 Å². The molecular formula is C4H5FIN3S. The molecule has 0 aliphatic rings. The van der Waals surface area contributed by atoms with Gasteiger partial charge in [-0.2, -0.15) is 4.39 Å². The van der Waals surface area contributed by atoms with E-state index in [2.05, 4.69) is 32.8 Å². The SMILES string of the molecule is Cn1c(F)nnc1SCI. The molecule has 0 radical (unpaired) electrons. The van der Waals surface area contributed by atoms with Crippen molar-refractivity contribution < 1.29 is 4.39 Å². The van der Waals surface area contributed by atoms with Crippen LogP contribution in [0.1, 0.15) is 0 Å². The van der Waals surface area contributed by atoms with Crippen molar-refractivity contribution in [1.29, 1.82) is 0 Å². The average molecular weight is 273 g/mol. The minimum atomic E-state index is -0.535. The van der Waals surface area contributed by atoms with Gasteiger partial charge in [0, 0.05) is 7.05 Å². The molecule has 1 heterocycles. The van der Waals surface area contributed by atoms with Crippen molar-refractivity contribution in [3.8, 4) is 0 Å². The molecule has 56 valence electrons. The zero-order chi connectivity index (χ0) is 7.56. The topological polar surface area (TPSA) is 30.7 Å². The third-order valence-electron chi connectivity index (χ3n) is 0.965. The van der Waals surface area contributed by atoms with E-state index in [-0.39, 0.29) is 0 Å². The Hall–Kier alpha value is 0.150. The first-order valence-electron chi connectivity index (χ1n) is 2.49. The quantitative estimate of drug-likeness (QED) is 0.464. The molecule has 6 heteroatoms. The smallest absolute Gasteiger partial charge is 0.281 e. The predicted molar refractivity (Wildman–Crippen MR) is 45.7 cm³/mol. The van der Waals surface area contributed by atoms with Crippen molar-refractivity contribution in [2.75, 3.05) is 3.76 Å². The number of halogens is 2. The molecule has 0 N–H and O–H groups in total. The Bertz CT molecular complexity index is 226. The minimum absolute atomic E-state index is 0.535. The number of aromatic nitrogens is 3. The van der Waals surface area contributed by atoms with Gasteiger partial charge in [-0.15, -0.1) is 5.10 Å². The van der Waals surface area contributed by atoms with E-state index >= 15 is 0 Å². The molecule has 0 saturated heterocycles. The fraction of sp³-hybridized carbons (Fsp3) is 0.500. The van der Waals surface area contributed by atoms with Crippen molar-refractivity contribution in [2.45, 2.75) is 5.16 Å². The standard InChI is InChI=1S/C4H5FIN3S/c1-9-3(5)7-8-4(9)10-2-6/h2H2,1H3. The number of alkyl halides is 1. The molecule has 0 aliphatic carbocycles.